The molecular formula is C15H23N3S. The van der Waals surface area contributed by atoms with E-state index < -0.39 is 0 Å². The highest BCUT2D eigenvalue weighted by Gasteiger charge is 2.18. The van der Waals surface area contributed by atoms with Gasteiger partial charge in [-0.15, -0.1) is 11.3 Å². The van der Waals surface area contributed by atoms with E-state index in [1.54, 1.807) is 11.3 Å². The van der Waals surface area contributed by atoms with E-state index in [1.807, 2.05) is 0 Å². The molecule has 1 aliphatic heterocycles. The van der Waals surface area contributed by atoms with Gasteiger partial charge in [-0.25, -0.2) is 4.98 Å². The number of hydrogen-bond acceptors (Lipinski definition) is 4. The molecule has 0 N–H and O–H groups in total. The zero-order valence-electron chi connectivity index (χ0n) is 12.0. The molecule has 1 atom stereocenters. The van der Waals surface area contributed by atoms with Crippen LogP contribution in [0.5, 0.6) is 0 Å². The Bertz CT molecular complexity index is 447. The smallest absolute Gasteiger partial charge is 0.107 e. The minimum atomic E-state index is 0.517. The summed E-state index contributed by atoms with van der Waals surface area (Å²) < 4.78 is 0. The van der Waals surface area contributed by atoms with E-state index >= 15 is 0 Å². The van der Waals surface area contributed by atoms with Gasteiger partial charge in [0, 0.05) is 11.4 Å². The van der Waals surface area contributed by atoms with Crippen LogP contribution in [-0.4, -0.2) is 23.0 Å². The molecule has 0 amide bonds. The van der Waals surface area contributed by atoms with Crippen molar-refractivity contribution in [3.63, 3.8) is 0 Å². The summed E-state index contributed by atoms with van der Waals surface area (Å²) in [5.41, 5.74) is 1.16. The van der Waals surface area contributed by atoms with E-state index in [0.717, 1.165) is 31.0 Å². The van der Waals surface area contributed by atoms with Crippen LogP contribution in [0.15, 0.2) is 0 Å². The number of thiazole rings is 1. The molecule has 0 saturated carbocycles. The maximum absolute atomic E-state index is 8.90. The summed E-state index contributed by atoms with van der Waals surface area (Å²) in [7, 11) is 0. The van der Waals surface area contributed by atoms with Crippen LogP contribution >= 0.6 is 11.3 Å². The van der Waals surface area contributed by atoms with Crippen molar-refractivity contribution in [2.45, 2.75) is 52.5 Å². The summed E-state index contributed by atoms with van der Waals surface area (Å²) in [4.78, 5) is 8.46. The largest absolute Gasteiger partial charge is 0.296 e. The molecule has 4 heteroatoms. The molecule has 2 rings (SSSR count). The molecule has 0 spiro atoms. The van der Waals surface area contributed by atoms with E-state index in [0.29, 0.717) is 6.42 Å². The fraction of sp³-hybridized carbons (Fsp3) is 0.733. The molecular weight excluding hydrogens is 254 g/mol. The number of aryl methyl sites for hydroxylation is 1. The van der Waals surface area contributed by atoms with E-state index in [9.17, 15) is 0 Å². The van der Waals surface area contributed by atoms with Crippen LogP contribution in [-0.2, 0) is 19.4 Å². The second kappa shape index (κ2) is 7.02. The topological polar surface area (TPSA) is 39.9 Å². The molecule has 2 heterocycles. The first-order valence-corrected chi connectivity index (χ1v) is 8.11. The third-order valence-electron chi connectivity index (χ3n) is 3.65. The second-order valence-electron chi connectivity index (χ2n) is 5.54. The van der Waals surface area contributed by atoms with Crippen molar-refractivity contribution in [2.75, 3.05) is 13.1 Å². The number of nitrogens with zero attached hydrogens (tertiary/aromatic N) is 3. The van der Waals surface area contributed by atoms with Gasteiger partial charge in [0.25, 0.3) is 0 Å². The van der Waals surface area contributed by atoms with E-state index in [-0.39, 0.29) is 0 Å². The monoisotopic (exact) mass is 277 g/mol. The Morgan fingerprint density at radius 2 is 2.37 bits per heavy atom. The van der Waals surface area contributed by atoms with Gasteiger partial charge in [-0.05, 0) is 31.7 Å². The lowest BCUT2D eigenvalue weighted by Gasteiger charge is -2.29. The molecule has 1 fully saturated rings. The van der Waals surface area contributed by atoms with Gasteiger partial charge in [-0.3, -0.25) is 4.90 Å². The standard InChI is InChI=1S/C15H23N3S/c1-3-5-13-14(7-8-16)19-15(17-13)11-18-9-4-6-12(2)10-18/h12H,3-7,9-11H2,1-2H3. The van der Waals surface area contributed by atoms with Gasteiger partial charge in [0.1, 0.15) is 5.01 Å². The van der Waals surface area contributed by atoms with E-state index in [2.05, 4.69) is 24.8 Å². The van der Waals surface area contributed by atoms with Gasteiger partial charge in [-0.2, -0.15) is 5.26 Å². The molecule has 0 aliphatic carbocycles. The predicted octanol–water partition coefficient (Wildman–Crippen LogP) is 3.39. The van der Waals surface area contributed by atoms with Crippen molar-refractivity contribution in [3.05, 3.63) is 15.6 Å². The number of likely N-dealkylation sites (tertiary alicyclic amines) is 1. The molecule has 3 nitrogen and oxygen atoms in total. The highest BCUT2D eigenvalue weighted by atomic mass is 32.1. The maximum Gasteiger partial charge on any atom is 0.107 e. The van der Waals surface area contributed by atoms with Crippen LogP contribution in [0, 0.1) is 17.2 Å². The molecule has 104 valence electrons. The highest BCUT2D eigenvalue weighted by molar-refractivity contribution is 7.11. The highest BCUT2D eigenvalue weighted by Crippen LogP contribution is 2.24. The first kappa shape index (κ1) is 14.5. The van der Waals surface area contributed by atoms with Gasteiger partial charge in [-0.1, -0.05) is 20.3 Å². The molecule has 0 aromatic carbocycles. The SMILES string of the molecule is CCCc1nc(CN2CCCC(C)C2)sc1CC#N. The normalized spacial score (nSPS) is 20.4. The van der Waals surface area contributed by atoms with Crippen molar-refractivity contribution in [1.82, 2.24) is 9.88 Å². The Morgan fingerprint density at radius 1 is 1.53 bits per heavy atom. The summed E-state index contributed by atoms with van der Waals surface area (Å²) in [6.07, 6.45) is 5.28. The van der Waals surface area contributed by atoms with E-state index in [1.165, 1.54) is 35.8 Å². The zero-order valence-corrected chi connectivity index (χ0v) is 12.8. The van der Waals surface area contributed by atoms with E-state index in [4.69, 9.17) is 10.2 Å². The van der Waals surface area contributed by atoms with Crippen molar-refractivity contribution in [1.29, 1.82) is 5.26 Å². The van der Waals surface area contributed by atoms with Crippen molar-refractivity contribution >= 4 is 11.3 Å². The fourth-order valence-electron chi connectivity index (χ4n) is 2.77. The molecule has 1 saturated heterocycles. The Balaban J connectivity index is 2.03. The van der Waals surface area contributed by atoms with Crippen LogP contribution in [0.25, 0.3) is 0 Å². The Hall–Kier alpha value is -0.920. The number of aromatic nitrogens is 1. The van der Waals surface area contributed by atoms with Crippen LogP contribution in [0.1, 0.15) is 48.7 Å². The lowest BCUT2D eigenvalue weighted by molar-refractivity contribution is 0.176. The van der Waals surface area contributed by atoms with Crippen LogP contribution in [0.3, 0.4) is 0 Å². The maximum atomic E-state index is 8.90. The fourth-order valence-corrected chi connectivity index (χ4v) is 3.86. The Kier molecular flexibility index (Phi) is 5.35. The molecule has 1 aromatic rings. The first-order valence-electron chi connectivity index (χ1n) is 7.29. The third kappa shape index (κ3) is 4.02. The van der Waals surface area contributed by atoms with Crippen LogP contribution in [0.4, 0.5) is 0 Å². The van der Waals surface area contributed by atoms with Crippen LogP contribution < -0.4 is 0 Å². The Morgan fingerprint density at radius 3 is 3.05 bits per heavy atom. The van der Waals surface area contributed by atoms with Crippen molar-refractivity contribution in [3.8, 4) is 6.07 Å². The summed E-state index contributed by atoms with van der Waals surface area (Å²) in [6.45, 7) is 7.85. The Labute approximate surface area is 120 Å². The van der Waals surface area contributed by atoms with Crippen molar-refractivity contribution in [2.24, 2.45) is 5.92 Å². The quantitative estimate of drug-likeness (QED) is 0.828. The summed E-state index contributed by atoms with van der Waals surface area (Å²) in [5.74, 6) is 0.808. The molecule has 1 unspecified atom stereocenters. The van der Waals surface area contributed by atoms with Gasteiger partial charge in [0.2, 0.25) is 0 Å². The molecule has 1 aromatic heterocycles. The minimum absolute atomic E-state index is 0.517. The molecule has 0 radical (unpaired) electrons. The zero-order chi connectivity index (χ0) is 13.7. The van der Waals surface area contributed by atoms with Gasteiger partial charge in [0.15, 0.2) is 0 Å². The van der Waals surface area contributed by atoms with Crippen LogP contribution in [0.2, 0.25) is 0 Å². The minimum Gasteiger partial charge on any atom is -0.296 e. The number of rotatable bonds is 5. The third-order valence-corrected chi connectivity index (χ3v) is 4.73. The molecule has 1 aliphatic rings. The summed E-state index contributed by atoms with van der Waals surface area (Å²) in [6, 6.07) is 2.26. The van der Waals surface area contributed by atoms with Crippen molar-refractivity contribution < 1.29 is 0 Å². The molecule has 19 heavy (non-hydrogen) atoms. The first-order chi connectivity index (χ1) is 9.22. The van der Waals surface area contributed by atoms with Gasteiger partial charge >= 0.3 is 0 Å². The second-order valence-corrected chi connectivity index (χ2v) is 6.71. The summed E-state index contributed by atoms with van der Waals surface area (Å²) in [5, 5.41) is 10.1. The number of piperidine rings is 1. The molecule has 0 bridgehead atoms. The number of nitriles is 1. The number of hydrogen-bond donors (Lipinski definition) is 0. The average molecular weight is 277 g/mol. The van der Waals surface area contributed by atoms with Gasteiger partial charge < -0.3 is 0 Å². The predicted molar refractivity (Wildman–Crippen MR) is 79.1 cm³/mol. The lowest BCUT2D eigenvalue weighted by Crippen LogP contribution is -2.33. The average Bonchev–Trinajstić information content (AvgIpc) is 2.72. The van der Waals surface area contributed by atoms with Gasteiger partial charge in [0.05, 0.1) is 24.7 Å². The summed E-state index contributed by atoms with van der Waals surface area (Å²) >= 11 is 1.74. The lowest BCUT2D eigenvalue weighted by atomic mass is 10.0.